The van der Waals surface area contributed by atoms with E-state index in [2.05, 4.69) is 53.3 Å². The molecule has 0 spiro atoms. The number of aliphatic hydroxyl groups is 1. The van der Waals surface area contributed by atoms with Gasteiger partial charge in [-0.3, -0.25) is 0 Å². The van der Waals surface area contributed by atoms with Gasteiger partial charge in [-0.15, -0.1) is 0 Å². The van der Waals surface area contributed by atoms with Gasteiger partial charge in [-0.05, 0) is 54.9 Å². The lowest BCUT2D eigenvalue weighted by Crippen LogP contribution is -2.44. The number of hydrogen-bond donors (Lipinski definition) is 2. The second-order valence-electron chi connectivity index (χ2n) is 5.88. The van der Waals surface area contributed by atoms with E-state index >= 15 is 0 Å². The van der Waals surface area contributed by atoms with Crippen LogP contribution in [0.1, 0.15) is 37.8 Å². The van der Waals surface area contributed by atoms with Crippen molar-refractivity contribution < 1.29 is 5.11 Å². The zero-order valence-corrected chi connectivity index (χ0v) is 13.4. The molecule has 0 fully saturated rings. The van der Waals surface area contributed by atoms with Crippen molar-refractivity contribution in [1.29, 1.82) is 0 Å². The van der Waals surface area contributed by atoms with E-state index < -0.39 is 0 Å². The van der Waals surface area contributed by atoms with Crippen molar-refractivity contribution in [2.75, 3.05) is 6.61 Å². The topological polar surface area (TPSA) is 32.3 Å². The molecule has 2 atom stereocenters. The van der Waals surface area contributed by atoms with Crippen LogP contribution < -0.4 is 5.32 Å². The average molecular weight is 326 g/mol. The summed E-state index contributed by atoms with van der Waals surface area (Å²) in [4.78, 5) is 0. The van der Waals surface area contributed by atoms with Gasteiger partial charge < -0.3 is 10.4 Å². The molecule has 0 aliphatic heterocycles. The van der Waals surface area contributed by atoms with Gasteiger partial charge in [0.1, 0.15) is 0 Å². The van der Waals surface area contributed by atoms with Crippen molar-refractivity contribution >= 4 is 15.9 Å². The second kappa shape index (κ2) is 6.87. The molecule has 1 aromatic rings. The normalized spacial score (nSPS) is 20.4. The van der Waals surface area contributed by atoms with Gasteiger partial charge in [0.05, 0.1) is 0 Å². The summed E-state index contributed by atoms with van der Waals surface area (Å²) < 4.78 is 1.18. The molecule has 0 heterocycles. The molecular formula is C16H24BrNO. The molecule has 0 aromatic heterocycles. The first-order valence-electron chi connectivity index (χ1n) is 7.24. The van der Waals surface area contributed by atoms with Crippen LogP contribution in [0, 0.1) is 5.92 Å². The molecule has 1 aliphatic rings. The maximum atomic E-state index is 9.16. The maximum absolute atomic E-state index is 9.16. The van der Waals surface area contributed by atoms with Crippen LogP contribution in [0.4, 0.5) is 0 Å². The number of aryl methyl sites for hydroxylation is 1. The highest BCUT2D eigenvalue weighted by Crippen LogP contribution is 2.25. The lowest BCUT2D eigenvalue weighted by atomic mass is 9.87. The van der Waals surface area contributed by atoms with Gasteiger partial charge in [-0.2, -0.15) is 0 Å². The van der Waals surface area contributed by atoms with E-state index in [0.29, 0.717) is 18.0 Å². The smallest absolute Gasteiger partial charge is 0.0445 e. The SMILES string of the molecule is CC(C)C(CCO)NC1CCc2cc(Br)ccc2C1. The summed E-state index contributed by atoms with van der Waals surface area (Å²) in [5, 5.41) is 12.9. The van der Waals surface area contributed by atoms with Gasteiger partial charge in [0.2, 0.25) is 0 Å². The fourth-order valence-electron chi connectivity index (χ4n) is 2.92. The monoisotopic (exact) mass is 325 g/mol. The first kappa shape index (κ1) is 15.0. The Labute approximate surface area is 124 Å². The van der Waals surface area contributed by atoms with Crippen LogP contribution in [-0.2, 0) is 12.8 Å². The molecular weight excluding hydrogens is 302 g/mol. The van der Waals surface area contributed by atoms with E-state index in [9.17, 15) is 0 Å². The lowest BCUT2D eigenvalue weighted by Gasteiger charge is -2.31. The maximum Gasteiger partial charge on any atom is 0.0445 e. The minimum absolute atomic E-state index is 0.270. The number of nitrogens with one attached hydrogen (secondary N) is 1. The van der Waals surface area contributed by atoms with Crippen LogP contribution in [-0.4, -0.2) is 23.8 Å². The molecule has 2 nitrogen and oxygen atoms in total. The summed E-state index contributed by atoms with van der Waals surface area (Å²) in [6.07, 6.45) is 4.30. The van der Waals surface area contributed by atoms with E-state index in [0.717, 1.165) is 19.3 Å². The Morgan fingerprint density at radius 1 is 1.37 bits per heavy atom. The van der Waals surface area contributed by atoms with Gasteiger partial charge in [0.15, 0.2) is 0 Å². The molecule has 0 radical (unpaired) electrons. The van der Waals surface area contributed by atoms with Crippen LogP contribution >= 0.6 is 15.9 Å². The Bertz CT molecular complexity index is 419. The number of benzene rings is 1. The standard InChI is InChI=1S/C16H24BrNO/c1-11(2)16(7-8-19)18-15-6-4-12-9-14(17)5-3-13(12)10-15/h3,5,9,11,15-16,18-19H,4,6-8,10H2,1-2H3. The number of aliphatic hydroxyl groups excluding tert-OH is 1. The van der Waals surface area contributed by atoms with Crippen LogP contribution in [0.25, 0.3) is 0 Å². The zero-order chi connectivity index (χ0) is 13.8. The molecule has 1 aliphatic carbocycles. The molecule has 3 heteroatoms. The predicted octanol–water partition coefficient (Wildman–Crippen LogP) is 3.30. The van der Waals surface area contributed by atoms with Crippen molar-refractivity contribution in [2.45, 2.75) is 51.6 Å². The minimum atomic E-state index is 0.270. The lowest BCUT2D eigenvalue weighted by molar-refractivity contribution is 0.230. The van der Waals surface area contributed by atoms with E-state index in [1.54, 1.807) is 0 Å². The molecule has 106 valence electrons. The van der Waals surface area contributed by atoms with Gasteiger partial charge >= 0.3 is 0 Å². The Morgan fingerprint density at radius 2 is 2.16 bits per heavy atom. The van der Waals surface area contributed by atoms with Crippen molar-refractivity contribution in [3.05, 3.63) is 33.8 Å². The Kier molecular flexibility index (Phi) is 5.43. The van der Waals surface area contributed by atoms with E-state index in [4.69, 9.17) is 5.11 Å². The van der Waals surface area contributed by atoms with Gasteiger partial charge in [0.25, 0.3) is 0 Å². The molecule has 0 saturated heterocycles. The van der Waals surface area contributed by atoms with Gasteiger partial charge in [0, 0.05) is 23.2 Å². The van der Waals surface area contributed by atoms with Crippen LogP contribution in [0.3, 0.4) is 0 Å². The molecule has 2 N–H and O–H groups in total. The number of halogens is 1. The highest BCUT2D eigenvalue weighted by molar-refractivity contribution is 9.10. The fourth-order valence-corrected chi connectivity index (χ4v) is 3.33. The van der Waals surface area contributed by atoms with E-state index in [1.165, 1.54) is 22.0 Å². The highest BCUT2D eigenvalue weighted by atomic mass is 79.9. The minimum Gasteiger partial charge on any atom is -0.396 e. The summed E-state index contributed by atoms with van der Waals surface area (Å²) in [5.74, 6) is 0.568. The van der Waals surface area contributed by atoms with E-state index in [-0.39, 0.29) is 6.61 Å². The summed E-state index contributed by atoms with van der Waals surface area (Å²) >= 11 is 3.54. The summed E-state index contributed by atoms with van der Waals surface area (Å²) in [6.45, 7) is 4.72. The largest absolute Gasteiger partial charge is 0.396 e. The quantitative estimate of drug-likeness (QED) is 0.870. The van der Waals surface area contributed by atoms with Gasteiger partial charge in [-0.1, -0.05) is 35.8 Å². The van der Waals surface area contributed by atoms with Crippen LogP contribution in [0.2, 0.25) is 0 Å². The Balaban J connectivity index is 1.99. The first-order valence-corrected chi connectivity index (χ1v) is 8.03. The van der Waals surface area contributed by atoms with Crippen LogP contribution in [0.5, 0.6) is 0 Å². The Hall–Kier alpha value is -0.380. The third-order valence-electron chi connectivity index (χ3n) is 4.09. The molecule has 2 rings (SSSR count). The van der Waals surface area contributed by atoms with E-state index in [1.807, 2.05) is 0 Å². The van der Waals surface area contributed by atoms with Crippen molar-refractivity contribution in [3.8, 4) is 0 Å². The summed E-state index contributed by atoms with van der Waals surface area (Å²) in [5.41, 5.74) is 2.95. The first-order chi connectivity index (χ1) is 9.10. The number of hydrogen-bond acceptors (Lipinski definition) is 2. The van der Waals surface area contributed by atoms with Crippen LogP contribution in [0.15, 0.2) is 22.7 Å². The molecule has 0 amide bonds. The average Bonchev–Trinajstić information content (AvgIpc) is 2.38. The van der Waals surface area contributed by atoms with Crippen molar-refractivity contribution in [2.24, 2.45) is 5.92 Å². The number of rotatable bonds is 5. The fraction of sp³-hybridized carbons (Fsp3) is 0.625. The third kappa shape index (κ3) is 4.04. The van der Waals surface area contributed by atoms with Gasteiger partial charge in [-0.25, -0.2) is 0 Å². The summed E-state index contributed by atoms with van der Waals surface area (Å²) in [6, 6.07) is 7.59. The molecule has 0 saturated carbocycles. The third-order valence-corrected chi connectivity index (χ3v) is 4.58. The predicted molar refractivity (Wildman–Crippen MR) is 83.4 cm³/mol. The molecule has 1 aromatic carbocycles. The zero-order valence-electron chi connectivity index (χ0n) is 11.8. The molecule has 2 unspecified atom stereocenters. The Morgan fingerprint density at radius 3 is 2.84 bits per heavy atom. The second-order valence-corrected chi connectivity index (χ2v) is 6.80. The van der Waals surface area contributed by atoms with Crippen molar-refractivity contribution in [3.63, 3.8) is 0 Å². The number of fused-ring (bicyclic) bond motifs is 1. The highest BCUT2D eigenvalue weighted by Gasteiger charge is 2.22. The van der Waals surface area contributed by atoms with Crippen molar-refractivity contribution in [1.82, 2.24) is 5.32 Å². The molecule has 0 bridgehead atoms. The summed E-state index contributed by atoms with van der Waals surface area (Å²) in [7, 11) is 0. The molecule has 19 heavy (non-hydrogen) atoms.